The highest BCUT2D eigenvalue weighted by atomic mass is 15.0. The maximum atomic E-state index is 5.13. The minimum Gasteiger partial charge on any atom is -0.208 e. The standard InChI is InChI=1S/C51H35N3/c1-6-16-36(17-7-1)39-26-28-40(29-27-39)45-33-47(46-31-43(37-18-8-2-9-19-37)30-44(32-46)38-20-10-3-11-21-38)35-48(34-45)51-53-49(41-22-12-4-13-23-41)52-50(54-51)42-24-14-5-15-25-42/h1-35H. The molecule has 1 aromatic heterocycles. The van der Waals surface area contributed by atoms with Crippen molar-refractivity contribution >= 4 is 0 Å². The molecule has 0 aliphatic rings. The van der Waals surface area contributed by atoms with E-state index in [0.717, 1.165) is 50.1 Å². The molecule has 0 bridgehead atoms. The molecule has 0 unspecified atom stereocenters. The molecule has 0 saturated carbocycles. The van der Waals surface area contributed by atoms with E-state index in [2.05, 4.69) is 152 Å². The average Bonchev–Trinajstić information content (AvgIpc) is 3.27. The van der Waals surface area contributed by atoms with Crippen LogP contribution in [0.25, 0.3) is 89.8 Å². The van der Waals surface area contributed by atoms with Gasteiger partial charge in [-0.3, -0.25) is 0 Å². The molecule has 0 fully saturated rings. The van der Waals surface area contributed by atoms with Gasteiger partial charge in [-0.2, -0.15) is 0 Å². The van der Waals surface area contributed by atoms with Crippen LogP contribution in [0.4, 0.5) is 0 Å². The number of nitrogens with zero attached hydrogens (tertiary/aromatic N) is 3. The summed E-state index contributed by atoms with van der Waals surface area (Å²) in [5.41, 5.74) is 14.2. The number of benzene rings is 8. The summed E-state index contributed by atoms with van der Waals surface area (Å²) in [6.45, 7) is 0. The zero-order chi connectivity index (χ0) is 36.1. The van der Waals surface area contributed by atoms with E-state index >= 15 is 0 Å². The first kappa shape index (κ1) is 32.7. The van der Waals surface area contributed by atoms with Gasteiger partial charge in [-0.15, -0.1) is 0 Å². The maximum absolute atomic E-state index is 5.13. The fourth-order valence-corrected chi connectivity index (χ4v) is 6.90. The Morgan fingerprint density at radius 1 is 0.167 bits per heavy atom. The maximum Gasteiger partial charge on any atom is 0.164 e. The Bertz CT molecular complexity index is 2400. The molecule has 0 saturated heterocycles. The number of rotatable bonds is 8. The predicted octanol–water partition coefficient (Wildman–Crippen LogP) is 13.2. The third-order valence-electron chi connectivity index (χ3n) is 9.70. The summed E-state index contributed by atoms with van der Waals surface area (Å²) < 4.78 is 0. The van der Waals surface area contributed by atoms with Crippen molar-refractivity contribution in [2.24, 2.45) is 0 Å². The van der Waals surface area contributed by atoms with E-state index in [-0.39, 0.29) is 0 Å². The first-order valence-electron chi connectivity index (χ1n) is 18.2. The Hall–Kier alpha value is -7.23. The summed E-state index contributed by atoms with van der Waals surface area (Å²) in [4.78, 5) is 15.2. The second-order valence-electron chi connectivity index (χ2n) is 13.3. The van der Waals surface area contributed by atoms with Crippen molar-refractivity contribution in [1.82, 2.24) is 15.0 Å². The molecule has 3 heteroatoms. The number of hydrogen-bond donors (Lipinski definition) is 0. The van der Waals surface area contributed by atoms with E-state index in [1.165, 1.54) is 22.3 Å². The first-order valence-corrected chi connectivity index (χ1v) is 18.2. The van der Waals surface area contributed by atoms with Gasteiger partial charge in [0.1, 0.15) is 0 Å². The monoisotopic (exact) mass is 689 g/mol. The molecule has 54 heavy (non-hydrogen) atoms. The molecule has 9 aromatic rings. The Morgan fingerprint density at radius 3 is 0.704 bits per heavy atom. The molecule has 0 radical (unpaired) electrons. The van der Waals surface area contributed by atoms with Crippen LogP contribution < -0.4 is 0 Å². The lowest BCUT2D eigenvalue weighted by atomic mass is 9.90. The molecule has 9 rings (SSSR count). The molecule has 0 spiro atoms. The lowest BCUT2D eigenvalue weighted by Crippen LogP contribution is -2.00. The van der Waals surface area contributed by atoms with E-state index < -0.39 is 0 Å². The van der Waals surface area contributed by atoms with Crippen molar-refractivity contribution in [2.75, 3.05) is 0 Å². The van der Waals surface area contributed by atoms with Crippen molar-refractivity contribution in [3.63, 3.8) is 0 Å². The summed E-state index contributed by atoms with van der Waals surface area (Å²) in [5, 5.41) is 0. The van der Waals surface area contributed by atoms with Crippen LogP contribution in [-0.4, -0.2) is 15.0 Å². The van der Waals surface area contributed by atoms with Crippen LogP contribution in [0.2, 0.25) is 0 Å². The van der Waals surface area contributed by atoms with Gasteiger partial charge in [0.2, 0.25) is 0 Å². The van der Waals surface area contributed by atoms with Gasteiger partial charge in [-0.25, -0.2) is 15.0 Å². The molecular weight excluding hydrogens is 655 g/mol. The highest BCUT2D eigenvalue weighted by molar-refractivity contribution is 5.86. The number of aromatic nitrogens is 3. The lowest BCUT2D eigenvalue weighted by Gasteiger charge is -2.15. The van der Waals surface area contributed by atoms with Gasteiger partial charge in [0.05, 0.1) is 0 Å². The quantitative estimate of drug-likeness (QED) is 0.159. The van der Waals surface area contributed by atoms with Crippen molar-refractivity contribution < 1.29 is 0 Å². The Morgan fingerprint density at radius 2 is 0.370 bits per heavy atom. The van der Waals surface area contributed by atoms with Crippen LogP contribution in [0, 0.1) is 0 Å². The molecule has 0 aliphatic carbocycles. The molecule has 1 heterocycles. The van der Waals surface area contributed by atoms with Crippen molar-refractivity contribution in [3.05, 3.63) is 212 Å². The van der Waals surface area contributed by atoms with E-state index in [0.29, 0.717) is 17.5 Å². The van der Waals surface area contributed by atoms with Crippen molar-refractivity contribution in [2.45, 2.75) is 0 Å². The zero-order valence-corrected chi connectivity index (χ0v) is 29.5. The summed E-state index contributed by atoms with van der Waals surface area (Å²) >= 11 is 0. The Kier molecular flexibility index (Phi) is 8.94. The summed E-state index contributed by atoms with van der Waals surface area (Å²) in [6, 6.07) is 74.4. The smallest absolute Gasteiger partial charge is 0.164 e. The first-order chi connectivity index (χ1) is 26.7. The minimum absolute atomic E-state index is 0.620. The highest BCUT2D eigenvalue weighted by Gasteiger charge is 2.16. The van der Waals surface area contributed by atoms with Gasteiger partial charge in [-0.05, 0) is 92.0 Å². The summed E-state index contributed by atoms with van der Waals surface area (Å²) in [6.07, 6.45) is 0. The molecule has 0 aliphatic heterocycles. The van der Waals surface area contributed by atoms with Gasteiger partial charge < -0.3 is 0 Å². The SMILES string of the molecule is c1ccc(-c2ccc(-c3cc(-c4cc(-c5ccccc5)cc(-c5ccccc5)c4)cc(-c4nc(-c5ccccc5)nc(-c5ccccc5)n4)c3)cc2)cc1. The fourth-order valence-electron chi connectivity index (χ4n) is 6.90. The van der Waals surface area contributed by atoms with Gasteiger partial charge in [-0.1, -0.05) is 176 Å². The van der Waals surface area contributed by atoms with Crippen LogP contribution in [0.1, 0.15) is 0 Å². The molecule has 254 valence electrons. The van der Waals surface area contributed by atoms with E-state index in [1.54, 1.807) is 0 Å². The van der Waals surface area contributed by atoms with Gasteiger partial charge in [0.25, 0.3) is 0 Å². The topological polar surface area (TPSA) is 38.7 Å². The molecule has 8 aromatic carbocycles. The molecule has 0 atom stereocenters. The molecule has 3 nitrogen and oxygen atoms in total. The van der Waals surface area contributed by atoms with Crippen LogP contribution in [0.3, 0.4) is 0 Å². The van der Waals surface area contributed by atoms with Crippen molar-refractivity contribution in [1.29, 1.82) is 0 Å². The molecular formula is C51H35N3. The van der Waals surface area contributed by atoms with Gasteiger partial charge in [0.15, 0.2) is 17.5 Å². The second kappa shape index (κ2) is 14.8. The van der Waals surface area contributed by atoms with E-state index in [4.69, 9.17) is 15.0 Å². The van der Waals surface area contributed by atoms with Crippen LogP contribution in [0.5, 0.6) is 0 Å². The van der Waals surface area contributed by atoms with E-state index in [1.807, 2.05) is 60.7 Å². The normalized spacial score (nSPS) is 11.0. The fraction of sp³-hybridized carbons (Fsp3) is 0. The second-order valence-corrected chi connectivity index (χ2v) is 13.3. The lowest BCUT2D eigenvalue weighted by molar-refractivity contribution is 1.07. The zero-order valence-electron chi connectivity index (χ0n) is 29.5. The number of hydrogen-bond acceptors (Lipinski definition) is 3. The van der Waals surface area contributed by atoms with Gasteiger partial charge >= 0.3 is 0 Å². The Balaban J connectivity index is 1.26. The van der Waals surface area contributed by atoms with Crippen molar-refractivity contribution in [3.8, 4) is 89.8 Å². The van der Waals surface area contributed by atoms with Gasteiger partial charge in [0, 0.05) is 16.7 Å². The van der Waals surface area contributed by atoms with Crippen LogP contribution >= 0.6 is 0 Å². The summed E-state index contributed by atoms with van der Waals surface area (Å²) in [5.74, 6) is 1.89. The van der Waals surface area contributed by atoms with E-state index in [9.17, 15) is 0 Å². The summed E-state index contributed by atoms with van der Waals surface area (Å²) in [7, 11) is 0. The third-order valence-corrected chi connectivity index (χ3v) is 9.70. The van der Waals surface area contributed by atoms with Crippen LogP contribution in [-0.2, 0) is 0 Å². The predicted molar refractivity (Wildman–Crippen MR) is 223 cm³/mol. The largest absolute Gasteiger partial charge is 0.208 e. The Labute approximate surface area is 316 Å². The minimum atomic E-state index is 0.620. The third kappa shape index (κ3) is 6.99. The van der Waals surface area contributed by atoms with Crippen LogP contribution in [0.15, 0.2) is 212 Å². The average molecular weight is 690 g/mol. The molecule has 0 N–H and O–H groups in total. The molecule has 0 amide bonds. The highest BCUT2D eigenvalue weighted by Crippen LogP contribution is 2.38.